The number of hydrogen-bond donors (Lipinski definition) is 3. The maximum absolute atomic E-state index is 13.7. The van der Waals surface area contributed by atoms with E-state index in [1.54, 1.807) is 60.7 Å². The zero-order chi connectivity index (χ0) is 35.2. The third-order valence-electron chi connectivity index (χ3n) is 7.23. The number of carbonyl (C=O) groups excluding carboxylic acids is 3. The van der Waals surface area contributed by atoms with Gasteiger partial charge in [-0.05, 0) is 80.1 Å². The number of anilines is 2. The minimum atomic E-state index is -0.573. The predicted molar refractivity (Wildman–Crippen MR) is 194 cm³/mol. The number of rotatable bonds is 16. The third-order valence-corrected chi connectivity index (χ3v) is 8.32. The second kappa shape index (κ2) is 18.2. The molecule has 0 aliphatic carbocycles. The number of hydrogen-bond acceptors (Lipinski definition) is 8. The van der Waals surface area contributed by atoms with Crippen molar-refractivity contribution in [3.8, 4) is 23.0 Å². The highest BCUT2D eigenvalue weighted by Gasteiger charge is 2.19. The van der Waals surface area contributed by atoms with E-state index in [0.29, 0.717) is 46.4 Å². The molecule has 256 valence electrons. The summed E-state index contributed by atoms with van der Waals surface area (Å²) >= 11 is 1.35. The van der Waals surface area contributed by atoms with Crippen molar-refractivity contribution < 1.29 is 33.3 Å². The second-order valence-corrected chi connectivity index (χ2v) is 12.2. The van der Waals surface area contributed by atoms with Gasteiger partial charge in [0.1, 0.15) is 17.2 Å². The molecule has 0 radical (unpaired) electrons. The van der Waals surface area contributed by atoms with Gasteiger partial charge in [-0.3, -0.25) is 14.4 Å². The molecule has 4 aromatic rings. The topological polar surface area (TPSA) is 124 Å². The van der Waals surface area contributed by atoms with E-state index in [0.717, 1.165) is 23.5 Å². The number of unbranched alkanes of at least 4 members (excludes halogenated alkanes) is 1. The van der Waals surface area contributed by atoms with E-state index in [9.17, 15) is 14.4 Å². The van der Waals surface area contributed by atoms with Crippen LogP contribution >= 0.6 is 11.8 Å². The van der Waals surface area contributed by atoms with Crippen molar-refractivity contribution in [1.29, 1.82) is 0 Å². The van der Waals surface area contributed by atoms with Crippen LogP contribution in [0.25, 0.3) is 6.08 Å². The molecule has 0 saturated carbocycles. The van der Waals surface area contributed by atoms with E-state index in [1.165, 1.54) is 39.2 Å². The van der Waals surface area contributed by atoms with Crippen LogP contribution in [0.3, 0.4) is 0 Å². The van der Waals surface area contributed by atoms with E-state index >= 15 is 0 Å². The Kier molecular flexibility index (Phi) is 13.5. The van der Waals surface area contributed by atoms with Crippen molar-refractivity contribution in [2.24, 2.45) is 0 Å². The summed E-state index contributed by atoms with van der Waals surface area (Å²) in [6, 6.07) is 26.3. The van der Waals surface area contributed by atoms with E-state index in [-0.39, 0.29) is 11.6 Å². The number of carbonyl (C=O) groups is 3. The van der Waals surface area contributed by atoms with Crippen molar-refractivity contribution >= 4 is 46.9 Å². The molecule has 3 amide bonds. The van der Waals surface area contributed by atoms with E-state index < -0.39 is 17.1 Å². The summed E-state index contributed by atoms with van der Waals surface area (Å²) in [6.07, 6.45) is 3.54. The van der Waals surface area contributed by atoms with Crippen LogP contribution < -0.4 is 34.9 Å². The van der Waals surface area contributed by atoms with Gasteiger partial charge < -0.3 is 34.9 Å². The smallest absolute Gasteiger partial charge is 0.272 e. The molecule has 0 saturated heterocycles. The van der Waals surface area contributed by atoms with Gasteiger partial charge in [-0.25, -0.2) is 0 Å². The first kappa shape index (κ1) is 36.4. The molecule has 4 rings (SSSR count). The van der Waals surface area contributed by atoms with Crippen LogP contribution in [0.5, 0.6) is 23.0 Å². The predicted octanol–water partition coefficient (Wildman–Crippen LogP) is 7.42. The van der Waals surface area contributed by atoms with Gasteiger partial charge in [-0.2, -0.15) is 0 Å². The molecule has 11 heteroatoms. The van der Waals surface area contributed by atoms with Gasteiger partial charge >= 0.3 is 0 Å². The Morgan fingerprint density at radius 3 is 2.14 bits per heavy atom. The first-order valence-electron chi connectivity index (χ1n) is 15.7. The van der Waals surface area contributed by atoms with Crippen LogP contribution in [0.2, 0.25) is 0 Å². The first-order chi connectivity index (χ1) is 23.7. The Hall–Kier alpha value is -5.42. The fraction of sp³-hybridized carbons (Fsp3) is 0.237. The van der Waals surface area contributed by atoms with Crippen molar-refractivity contribution in [1.82, 2.24) is 5.32 Å². The molecule has 0 bridgehead atoms. The SMILES string of the molecule is CCCCOc1ccc(NC(=O)C(C)Sc2cccc(NC(=O)/C(=C\c3cc(OC)c(OC)cc3OC)NC(=O)c3ccccc3)c2)cc1. The maximum Gasteiger partial charge on any atom is 0.272 e. The molecule has 10 nitrogen and oxygen atoms in total. The highest BCUT2D eigenvalue weighted by atomic mass is 32.2. The van der Waals surface area contributed by atoms with Crippen LogP contribution in [0.1, 0.15) is 42.6 Å². The minimum absolute atomic E-state index is 0.0352. The number of thioether (sulfide) groups is 1. The summed E-state index contributed by atoms with van der Waals surface area (Å²) in [6.45, 7) is 4.57. The highest BCUT2D eigenvalue weighted by molar-refractivity contribution is 8.00. The van der Waals surface area contributed by atoms with Gasteiger partial charge in [0.25, 0.3) is 11.8 Å². The largest absolute Gasteiger partial charge is 0.496 e. The average molecular weight is 684 g/mol. The lowest BCUT2D eigenvalue weighted by molar-refractivity contribution is -0.115. The van der Waals surface area contributed by atoms with Gasteiger partial charge in [-0.15, -0.1) is 11.8 Å². The van der Waals surface area contributed by atoms with Crippen molar-refractivity contribution in [3.05, 3.63) is 108 Å². The van der Waals surface area contributed by atoms with Crippen LogP contribution in [-0.2, 0) is 9.59 Å². The molecule has 3 N–H and O–H groups in total. The van der Waals surface area contributed by atoms with Crippen molar-refractivity contribution in [2.75, 3.05) is 38.6 Å². The first-order valence-corrected chi connectivity index (χ1v) is 16.6. The zero-order valence-corrected chi connectivity index (χ0v) is 29.0. The Balaban J connectivity index is 1.50. The normalized spacial score (nSPS) is 11.6. The highest BCUT2D eigenvalue weighted by Crippen LogP contribution is 2.36. The third kappa shape index (κ3) is 10.5. The number of benzene rings is 4. The van der Waals surface area contributed by atoms with Gasteiger partial charge in [0.2, 0.25) is 5.91 Å². The van der Waals surface area contributed by atoms with Crippen molar-refractivity contribution in [3.63, 3.8) is 0 Å². The lowest BCUT2D eigenvalue weighted by atomic mass is 10.1. The van der Waals surface area contributed by atoms with Crippen molar-refractivity contribution in [2.45, 2.75) is 36.8 Å². The molecule has 0 aliphatic rings. The molecule has 1 atom stereocenters. The molecule has 0 aliphatic heterocycles. The Labute approximate surface area is 291 Å². The molecule has 0 aromatic heterocycles. The quantitative estimate of drug-likeness (QED) is 0.0634. The minimum Gasteiger partial charge on any atom is -0.496 e. The molecule has 0 fully saturated rings. The van der Waals surface area contributed by atoms with Crippen LogP contribution in [0.15, 0.2) is 102 Å². The van der Waals surface area contributed by atoms with Gasteiger partial charge in [0.15, 0.2) is 11.5 Å². The van der Waals surface area contributed by atoms with E-state index in [1.807, 2.05) is 37.3 Å². The summed E-state index contributed by atoms with van der Waals surface area (Å²) in [5.74, 6) is 0.808. The standard InChI is InChI=1S/C38H41N3O7S/c1-6-7-20-48-30-18-16-28(17-19-30)39-36(42)25(2)49-31-15-11-14-29(23-31)40-38(44)32(41-37(43)26-12-9-8-10-13-26)21-27-22-34(46-4)35(47-5)24-33(27)45-3/h8-19,21-25H,6-7,20H2,1-5H3,(H,39,42)(H,40,44)(H,41,43)/b32-21+. The number of methoxy groups -OCH3 is 3. The Morgan fingerprint density at radius 2 is 1.47 bits per heavy atom. The maximum atomic E-state index is 13.7. The zero-order valence-electron chi connectivity index (χ0n) is 28.2. The van der Waals surface area contributed by atoms with Gasteiger partial charge in [-0.1, -0.05) is 37.6 Å². The van der Waals surface area contributed by atoms with Gasteiger partial charge in [0.05, 0.1) is 33.2 Å². The summed E-state index contributed by atoms with van der Waals surface area (Å²) < 4.78 is 22.1. The number of ether oxygens (including phenoxy) is 4. The second-order valence-electron chi connectivity index (χ2n) is 10.8. The van der Waals surface area contributed by atoms with E-state index in [2.05, 4.69) is 22.9 Å². The number of amides is 3. The molecule has 49 heavy (non-hydrogen) atoms. The summed E-state index contributed by atoms with van der Waals surface area (Å²) in [4.78, 5) is 40.7. The molecule has 0 heterocycles. The molecule has 0 spiro atoms. The molecule has 4 aromatic carbocycles. The Morgan fingerprint density at radius 1 is 0.776 bits per heavy atom. The lowest BCUT2D eigenvalue weighted by Gasteiger charge is -2.15. The summed E-state index contributed by atoms with van der Waals surface area (Å²) in [5.41, 5.74) is 1.96. The number of nitrogens with one attached hydrogen (secondary N) is 3. The van der Waals surface area contributed by atoms with E-state index in [4.69, 9.17) is 18.9 Å². The lowest BCUT2D eigenvalue weighted by Crippen LogP contribution is -2.30. The van der Waals surface area contributed by atoms with Crippen LogP contribution in [0.4, 0.5) is 11.4 Å². The molecular weight excluding hydrogens is 642 g/mol. The molecular formula is C38H41N3O7S. The van der Waals surface area contributed by atoms with Crippen LogP contribution in [0, 0.1) is 0 Å². The fourth-order valence-corrected chi connectivity index (χ4v) is 5.51. The van der Waals surface area contributed by atoms with Gasteiger partial charge in [0, 0.05) is 33.5 Å². The average Bonchev–Trinajstić information content (AvgIpc) is 3.12. The monoisotopic (exact) mass is 683 g/mol. The molecule has 1 unspecified atom stereocenters. The summed E-state index contributed by atoms with van der Waals surface area (Å²) in [5, 5.41) is 8.10. The summed E-state index contributed by atoms with van der Waals surface area (Å²) in [7, 11) is 4.50. The van der Waals surface area contributed by atoms with Crippen LogP contribution in [-0.4, -0.2) is 50.9 Å². The Bertz CT molecular complexity index is 1760. The fourth-order valence-electron chi connectivity index (χ4n) is 4.58.